The monoisotopic (exact) mass is 297 g/mol. The van der Waals surface area contributed by atoms with Crippen molar-refractivity contribution in [1.82, 2.24) is 20.3 Å². The lowest BCUT2D eigenvalue weighted by Gasteiger charge is -2.38. The summed E-state index contributed by atoms with van der Waals surface area (Å²) < 4.78 is 15.7. The molecule has 1 atom stereocenters. The van der Waals surface area contributed by atoms with Gasteiger partial charge in [0.2, 0.25) is 5.95 Å². The smallest absolute Gasteiger partial charge is 0.324 e. The molecule has 0 aliphatic carbocycles. The maximum atomic E-state index is 11.9. The van der Waals surface area contributed by atoms with E-state index in [1.807, 2.05) is 4.90 Å². The van der Waals surface area contributed by atoms with Crippen LogP contribution in [0.4, 0.5) is 5.95 Å². The Morgan fingerprint density at radius 2 is 1.90 bits per heavy atom. The number of nitrogens with zero attached hydrogens (tertiary/aromatic N) is 4. The minimum absolute atomic E-state index is 0.157. The summed E-state index contributed by atoms with van der Waals surface area (Å²) in [6, 6.07) is 0.315. The molecular weight excluding hydrogens is 278 g/mol. The topological polar surface area (TPSA) is 98.7 Å². The van der Waals surface area contributed by atoms with Crippen LogP contribution in [0, 0.1) is 0 Å². The lowest BCUT2D eigenvalue weighted by Crippen LogP contribution is -2.58. The zero-order valence-corrected chi connectivity index (χ0v) is 12.5. The molecule has 0 unspecified atom stereocenters. The fourth-order valence-corrected chi connectivity index (χ4v) is 2.09. The molecule has 1 aliphatic heterocycles. The normalized spacial score (nSPS) is 21.8. The summed E-state index contributed by atoms with van der Waals surface area (Å²) in [5, 5.41) is 2.60. The molecule has 2 heterocycles. The Morgan fingerprint density at radius 1 is 1.29 bits per heavy atom. The number of hydrogen-bond donors (Lipinski definition) is 1. The molecule has 9 heteroatoms. The molecule has 0 spiro atoms. The molecule has 21 heavy (non-hydrogen) atoms. The highest BCUT2D eigenvalue weighted by Crippen LogP contribution is 2.23. The van der Waals surface area contributed by atoms with Gasteiger partial charge in [0.25, 0.3) is 5.91 Å². The van der Waals surface area contributed by atoms with E-state index in [0.717, 1.165) is 0 Å². The van der Waals surface area contributed by atoms with Crippen molar-refractivity contribution in [3.63, 3.8) is 0 Å². The lowest BCUT2D eigenvalue weighted by molar-refractivity contribution is -0.145. The second-order valence-electron chi connectivity index (χ2n) is 4.69. The maximum absolute atomic E-state index is 11.9. The number of carbonyl (C=O) groups is 1. The van der Waals surface area contributed by atoms with E-state index >= 15 is 0 Å². The zero-order valence-electron chi connectivity index (χ0n) is 12.5. The van der Waals surface area contributed by atoms with E-state index in [-0.39, 0.29) is 17.9 Å². The third kappa shape index (κ3) is 3.13. The van der Waals surface area contributed by atoms with Gasteiger partial charge in [0.15, 0.2) is 5.60 Å². The van der Waals surface area contributed by atoms with Crippen LogP contribution in [0.3, 0.4) is 0 Å². The Kier molecular flexibility index (Phi) is 4.41. The van der Waals surface area contributed by atoms with E-state index in [0.29, 0.717) is 25.6 Å². The highest BCUT2D eigenvalue weighted by atomic mass is 16.5. The summed E-state index contributed by atoms with van der Waals surface area (Å²) in [6.07, 6.45) is 0. The maximum Gasteiger partial charge on any atom is 0.324 e. The van der Waals surface area contributed by atoms with E-state index in [2.05, 4.69) is 20.3 Å². The van der Waals surface area contributed by atoms with Gasteiger partial charge in [-0.15, -0.1) is 4.98 Å². The predicted molar refractivity (Wildman–Crippen MR) is 73.6 cm³/mol. The van der Waals surface area contributed by atoms with Crippen LogP contribution in [0.1, 0.15) is 6.92 Å². The van der Waals surface area contributed by atoms with Gasteiger partial charge in [0, 0.05) is 13.6 Å². The first-order valence-corrected chi connectivity index (χ1v) is 6.47. The Bertz CT molecular complexity index is 504. The van der Waals surface area contributed by atoms with Crippen molar-refractivity contribution in [3.05, 3.63) is 0 Å². The molecular formula is C12H19N5O4. The molecule has 1 saturated heterocycles. The molecule has 1 N–H and O–H groups in total. The quantitative estimate of drug-likeness (QED) is 0.773. The van der Waals surface area contributed by atoms with Gasteiger partial charge >= 0.3 is 12.0 Å². The fourth-order valence-electron chi connectivity index (χ4n) is 2.09. The van der Waals surface area contributed by atoms with Crippen LogP contribution in [0.15, 0.2) is 0 Å². The Balaban J connectivity index is 2.27. The molecule has 1 aromatic heterocycles. The highest BCUT2D eigenvalue weighted by Gasteiger charge is 2.39. The Hall–Kier alpha value is -2.16. The third-order valence-electron chi connectivity index (χ3n) is 3.21. The number of hydrogen-bond acceptors (Lipinski definition) is 8. The van der Waals surface area contributed by atoms with Gasteiger partial charge < -0.3 is 24.4 Å². The molecule has 1 amide bonds. The van der Waals surface area contributed by atoms with Gasteiger partial charge in [-0.3, -0.25) is 4.79 Å². The average Bonchev–Trinajstić information content (AvgIpc) is 2.53. The number of rotatable bonds is 4. The van der Waals surface area contributed by atoms with Crippen molar-refractivity contribution in [2.75, 3.05) is 45.9 Å². The molecule has 2 rings (SSSR count). The molecule has 0 bridgehead atoms. The van der Waals surface area contributed by atoms with Crippen LogP contribution in [-0.2, 0) is 9.53 Å². The molecule has 9 nitrogen and oxygen atoms in total. The number of morpholine rings is 1. The molecule has 1 aliphatic rings. The predicted octanol–water partition coefficient (Wildman–Crippen LogP) is -0.770. The number of likely N-dealkylation sites (N-methyl/N-ethyl adjacent to an activating group) is 1. The number of anilines is 1. The summed E-state index contributed by atoms with van der Waals surface area (Å²) in [7, 11) is 4.50. The first kappa shape index (κ1) is 15.2. The number of methoxy groups -OCH3 is 2. The van der Waals surface area contributed by atoms with Crippen molar-refractivity contribution in [3.8, 4) is 12.0 Å². The highest BCUT2D eigenvalue weighted by molar-refractivity contribution is 5.85. The largest absolute Gasteiger partial charge is 0.467 e. The second-order valence-corrected chi connectivity index (χ2v) is 4.69. The number of carbonyl (C=O) groups excluding carboxylic acids is 1. The van der Waals surface area contributed by atoms with E-state index < -0.39 is 5.60 Å². The zero-order chi connectivity index (χ0) is 15.5. The van der Waals surface area contributed by atoms with Gasteiger partial charge in [-0.25, -0.2) is 0 Å². The van der Waals surface area contributed by atoms with Gasteiger partial charge in [-0.05, 0) is 6.92 Å². The number of ether oxygens (including phenoxy) is 3. The van der Waals surface area contributed by atoms with E-state index in [1.165, 1.54) is 14.2 Å². The summed E-state index contributed by atoms with van der Waals surface area (Å²) >= 11 is 0. The van der Waals surface area contributed by atoms with Crippen LogP contribution in [0.2, 0.25) is 0 Å². The average molecular weight is 297 g/mol. The summed E-state index contributed by atoms with van der Waals surface area (Å²) in [5.74, 6) is 0.192. The van der Waals surface area contributed by atoms with Crippen molar-refractivity contribution in [2.24, 2.45) is 0 Å². The Labute approximate surface area is 122 Å². The minimum atomic E-state index is -0.958. The molecule has 0 saturated carbocycles. The SMILES string of the molecule is CNC(=O)[C@]1(C)CN(c2nc(OC)nc(OC)n2)CCO1. The molecule has 0 aromatic carbocycles. The van der Waals surface area contributed by atoms with Crippen LogP contribution >= 0.6 is 0 Å². The first-order chi connectivity index (χ1) is 10.0. The van der Waals surface area contributed by atoms with Crippen LogP contribution in [-0.4, -0.2) is 67.4 Å². The summed E-state index contributed by atoms with van der Waals surface area (Å²) in [4.78, 5) is 26.1. The van der Waals surface area contributed by atoms with Crippen LogP contribution in [0.25, 0.3) is 0 Å². The van der Waals surface area contributed by atoms with Crippen LogP contribution in [0.5, 0.6) is 12.0 Å². The summed E-state index contributed by atoms with van der Waals surface area (Å²) in [6.45, 7) is 3.00. The van der Waals surface area contributed by atoms with E-state index in [4.69, 9.17) is 14.2 Å². The van der Waals surface area contributed by atoms with Crippen molar-refractivity contribution in [1.29, 1.82) is 0 Å². The van der Waals surface area contributed by atoms with Gasteiger partial charge in [-0.1, -0.05) is 0 Å². The van der Waals surface area contributed by atoms with Gasteiger partial charge in [-0.2, -0.15) is 9.97 Å². The second kappa shape index (κ2) is 6.08. The number of amides is 1. The number of nitrogens with one attached hydrogen (secondary N) is 1. The number of aromatic nitrogens is 3. The third-order valence-corrected chi connectivity index (χ3v) is 3.21. The molecule has 116 valence electrons. The molecule has 1 aromatic rings. The van der Waals surface area contributed by atoms with Crippen LogP contribution < -0.4 is 19.7 Å². The van der Waals surface area contributed by atoms with Crippen molar-refractivity contribution >= 4 is 11.9 Å². The molecule has 0 radical (unpaired) electrons. The lowest BCUT2D eigenvalue weighted by atomic mass is 10.0. The first-order valence-electron chi connectivity index (χ1n) is 6.47. The minimum Gasteiger partial charge on any atom is -0.467 e. The molecule has 1 fully saturated rings. The van der Waals surface area contributed by atoms with Crippen molar-refractivity contribution < 1.29 is 19.0 Å². The van der Waals surface area contributed by atoms with E-state index in [9.17, 15) is 4.79 Å². The standard InChI is InChI=1S/C12H19N5O4/c1-12(8(18)13-2)7-17(5-6-21-12)9-14-10(19-3)16-11(15-9)20-4/h5-7H2,1-4H3,(H,13,18)/t12-/m0/s1. The Morgan fingerprint density at radius 3 is 2.43 bits per heavy atom. The summed E-state index contributed by atoms with van der Waals surface area (Å²) in [5.41, 5.74) is -0.958. The van der Waals surface area contributed by atoms with Gasteiger partial charge in [0.1, 0.15) is 0 Å². The van der Waals surface area contributed by atoms with Crippen molar-refractivity contribution in [2.45, 2.75) is 12.5 Å². The fraction of sp³-hybridized carbons (Fsp3) is 0.667. The van der Waals surface area contributed by atoms with Gasteiger partial charge in [0.05, 0.1) is 27.4 Å². The van der Waals surface area contributed by atoms with E-state index in [1.54, 1.807) is 14.0 Å².